The summed E-state index contributed by atoms with van der Waals surface area (Å²) in [6.45, 7) is 1.29. The molecule has 1 N–H and O–H groups in total. The number of ether oxygens (including phenoxy) is 2. The monoisotopic (exact) mass is 329 g/mol. The van der Waals surface area contributed by atoms with Gasteiger partial charge in [-0.05, 0) is 24.1 Å². The van der Waals surface area contributed by atoms with Crippen molar-refractivity contribution < 1.29 is 14.3 Å². The standard InChI is InChI=1S/C14H20BrNO3/c1-18-10-12(15)6-7-16-14(17)9-11-4-3-5-13(8-11)19-2/h3-5,8,12H,6-7,9-10H2,1-2H3,(H,16,17). The Bertz CT molecular complexity index is 398. The molecule has 1 unspecified atom stereocenters. The van der Waals surface area contributed by atoms with E-state index >= 15 is 0 Å². The van der Waals surface area contributed by atoms with Crippen molar-refractivity contribution in [3.63, 3.8) is 0 Å². The summed E-state index contributed by atoms with van der Waals surface area (Å²) < 4.78 is 10.1. The fraction of sp³-hybridized carbons (Fsp3) is 0.500. The Kier molecular flexibility index (Phi) is 7.52. The summed E-state index contributed by atoms with van der Waals surface area (Å²) in [7, 11) is 3.28. The van der Waals surface area contributed by atoms with Crippen molar-refractivity contribution in [1.82, 2.24) is 5.32 Å². The van der Waals surface area contributed by atoms with Gasteiger partial charge in [0.1, 0.15) is 5.75 Å². The molecule has 1 aromatic rings. The number of hydrogen-bond donors (Lipinski definition) is 1. The van der Waals surface area contributed by atoms with E-state index in [4.69, 9.17) is 9.47 Å². The van der Waals surface area contributed by atoms with Gasteiger partial charge >= 0.3 is 0 Å². The molecule has 1 atom stereocenters. The van der Waals surface area contributed by atoms with E-state index in [1.54, 1.807) is 14.2 Å². The lowest BCUT2D eigenvalue weighted by Gasteiger charge is -2.10. The number of benzene rings is 1. The predicted molar refractivity (Wildman–Crippen MR) is 78.9 cm³/mol. The third-order valence-electron chi connectivity index (χ3n) is 2.63. The van der Waals surface area contributed by atoms with E-state index in [0.29, 0.717) is 19.6 Å². The molecule has 0 aliphatic rings. The summed E-state index contributed by atoms with van der Waals surface area (Å²) in [5.41, 5.74) is 0.948. The van der Waals surface area contributed by atoms with Crippen molar-refractivity contribution in [2.45, 2.75) is 17.7 Å². The van der Waals surface area contributed by atoms with Crippen LogP contribution in [0.1, 0.15) is 12.0 Å². The molecular weight excluding hydrogens is 310 g/mol. The zero-order valence-corrected chi connectivity index (χ0v) is 12.9. The van der Waals surface area contributed by atoms with Crippen LogP contribution in [-0.2, 0) is 16.0 Å². The van der Waals surface area contributed by atoms with Crippen LogP contribution in [0, 0.1) is 0 Å². The van der Waals surface area contributed by atoms with Crippen LogP contribution in [0.2, 0.25) is 0 Å². The molecule has 0 bridgehead atoms. The van der Waals surface area contributed by atoms with Crippen LogP contribution in [0.15, 0.2) is 24.3 Å². The van der Waals surface area contributed by atoms with E-state index in [1.807, 2.05) is 24.3 Å². The molecule has 4 nitrogen and oxygen atoms in total. The first-order chi connectivity index (χ1) is 9.15. The van der Waals surface area contributed by atoms with Crippen molar-refractivity contribution in [3.8, 4) is 5.75 Å². The van der Waals surface area contributed by atoms with E-state index in [-0.39, 0.29) is 10.7 Å². The highest BCUT2D eigenvalue weighted by atomic mass is 79.9. The average molecular weight is 330 g/mol. The van der Waals surface area contributed by atoms with Gasteiger partial charge in [-0.25, -0.2) is 0 Å². The Morgan fingerprint density at radius 3 is 2.89 bits per heavy atom. The van der Waals surface area contributed by atoms with Gasteiger partial charge in [0.25, 0.3) is 0 Å². The molecular formula is C14H20BrNO3. The lowest BCUT2D eigenvalue weighted by Crippen LogP contribution is -2.28. The van der Waals surface area contributed by atoms with Crippen molar-refractivity contribution >= 4 is 21.8 Å². The molecule has 0 aliphatic carbocycles. The zero-order valence-electron chi connectivity index (χ0n) is 11.3. The molecule has 0 aliphatic heterocycles. The number of alkyl halides is 1. The first kappa shape index (κ1) is 16.0. The Labute approximate surface area is 122 Å². The molecule has 0 spiro atoms. The SMILES string of the molecule is COCC(Br)CCNC(=O)Cc1cccc(OC)c1. The maximum absolute atomic E-state index is 11.8. The largest absolute Gasteiger partial charge is 0.497 e. The smallest absolute Gasteiger partial charge is 0.224 e. The van der Waals surface area contributed by atoms with E-state index in [1.165, 1.54) is 0 Å². The molecule has 0 radical (unpaired) electrons. The van der Waals surface area contributed by atoms with Gasteiger partial charge in [0.15, 0.2) is 0 Å². The summed E-state index contributed by atoms with van der Waals surface area (Å²) in [6.07, 6.45) is 1.21. The second kappa shape index (κ2) is 8.93. The number of halogens is 1. The Morgan fingerprint density at radius 2 is 2.21 bits per heavy atom. The van der Waals surface area contributed by atoms with Gasteiger partial charge < -0.3 is 14.8 Å². The Hall–Kier alpha value is -1.07. The normalized spacial score (nSPS) is 11.9. The number of carbonyl (C=O) groups is 1. The van der Waals surface area contributed by atoms with Gasteiger partial charge in [-0.15, -0.1) is 0 Å². The number of hydrogen-bond acceptors (Lipinski definition) is 3. The summed E-state index contributed by atoms with van der Waals surface area (Å²) in [4.78, 5) is 12.0. The molecule has 0 saturated carbocycles. The third kappa shape index (κ3) is 6.59. The fourth-order valence-corrected chi connectivity index (χ4v) is 2.16. The quantitative estimate of drug-likeness (QED) is 0.743. The van der Waals surface area contributed by atoms with E-state index in [2.05, 4.69) is 21.2 Å². The number of carbonyl (C=O) groups excluding carboxylic acids is 1. The van der Waals surface area contributed by atoms with Crippen molar-refractivity contribution in [2.75, 3.05) is 27.4 Å². The van der Waals surface area contributed by atoms with E-state index < -0.39 is 0 Å². The van der Waals surface area contributed by atoms with Crippen LogP contribution < -0.4 is 10.1 Å². The van der Waals surface area contributed by atoms with Gasteiger partial charge in [-0.1, -0.05) is 28.1 Å². The van der Waals surface area contributed by atoms with Crippen LogP contribution in [0.25, 0.3) is 0 Å². The maximum Gasteiger partial charge on any atom is 0.224 e. The first-order valence-electron chi connectivity index (χ1n) is 6.18. The van der Waals surface area contributed by atoms with Crippen LogP contribution in [0.4, 0.5) is 0 Å². The van der Waals surface area contributed by atoms with Crippen molar-refractivity contribution in [2.24, 2.45) is 0 Å². The van der Waals surface area contributed by atoms with Gasteiger partial charge in [-0.2, -0.15) is 0 Å². The first-order valence-corrected chi connectivity index (χ1v) is 7.10. The minimum atomic E-state index is 0.0189. The fourth-order valence-electron chi connectivity index (χ4n) is 1.66. The minimum Gasteiger partial charge on any atom is -0.497 e. The molecule has 0 heterocycles. The summed E-state index contributed by atoms with van der Waals surface area (Å²) in [6, 6.07) is 7.54. The lowest BCUT2D eigenvalue weighted by molar-refractivity contribution is -0.120. The highest BCUT2D eigenvalue weighted by molar-refractivity contribution is 9.09. The van der Waals surface area contributed by atoms with Gasteiger partial charge in [0.05, 0.1) is 20.1 Å². The number of methoxy groups -OCH3 is 2. The Morgan fingerprint density at radius 1 is 1.42 bits per heavy atom. The summed E-state index contributed by atoms with van der Waals surface area (Å²) in [5, 5.41) is 2.89. The number of amides is 1. The highest BCUT2D eigenvalue weighted by Crippen LogP contribution is 2.12. The molecule has 1 amide bonds. The van der Waals surface area contributed by atoms with Crippen molar-refractivity contribution in [1.29, 1.82) is 0 Å². The number of nitrogens with one attached hydrogen (secondary N) is 1. The second-order valence-electron chi connectivity index (χ2n) is 4.22. The van der Waals surface area contributed by atoms with E-state index in [9.17, 15) is 4.79 Å². The highest BCUT2D eigenvalue weighted by Gasteiger charge is 2.06. The molecule has 106 valence electrons. The zero-order chi connectivity index (χ0) is 14.1. The summed E-state index contributed by atoms with van der Waals surface area (Å²) in [5.74, 6) is 0.788. The van der Waals surface area contributed by atoms with Crippen LogP contribution >= 0.6 is 15.9 Å². The van der Waals surface area contributed by atoms with Crippen molar-refractivity contribution in [3.05, 3.63) is 29.8 Å². The second-order valence-corrected chi connectivity index (χ2v) is 5.51. The third-order valence-corrected chi connectivity index (χ3v) is 3.35. The van der Waals surface area contributed by atoms with Gasteiger partial charge in [0, 0.05) is 18.5 Å². The lowest BCUT2D eigenvalue weighted by atomic mass is 10.1. The molecule has 1 rings (SSSR count). The predicted octanol–water partition coefficient (Wildman–Crippen LogP) is 2.15. The molecule has 0 fully saturated rings. The van der Waals surface area contributed by atoms with E-state index in [0.717, 1.165) is 17.7 Å². The van der Waals surface area contributed by atoms with Gasteiger partial charge in [0.2, 0.25) is 5.91 Å². The van der Waals surface area contributed by atoms with Crippen LogP contribution in [0.5, 0.6) is 5.75 Å². The number of rotatable bonds is 8. The molecule has 5 heteroatoms. The average Bonchev–Trinajstić information content (AvgIpc) is 2.39. The topological polar surface area (TPSA) is 47.6 Å². The van der Waals surface area contributed by atoms with Crippen LogP contribution in [-0.4, -0.2) is 38.1 Å². The maximum atomic E-state index is 11.8. The minimum absolute atomic E-state index is 0.0189. The van der Waals surface area contributed by atoms with Gasteiger partial charge in [-0.3, -0.25) is 4.79 Å². The molecule has 19 heavy (non-hydrogen) atoms. The van der Waals surface area contributed by atoms with Crippen LogP contribution in [0.3, 0.4) is 0 Å². The molecule has 0 saturated heterocycles. The summed E-state index contributed by atoms with van der Waals surface area (Å²) >= 11 is 3.48. The Balaban J connectivity index is 2.30. The molecule has 1 aromatic carbocycles. The molecule has 0 aromatic heterocycles.